The van der Waals surface area contributed by atoms with E-state index in [1.807, 2.05) is 67.6 Å². The molecular formula is C36H31N5O5. The fraction of sp³-hybridized carbons (Fsp3) is 0.139. The van der Waals surface area contributed by atoms with Crippen LogP contribution in [-0.2, 0) is 11.2 Å². The topological polar surface area (TPSA) is 138 Å². The van der Waals surface area contributed by atoms with Gasteiger partial charge in [0.2, 0.25) is 5.91 Å². The number of H-pyrrole nitrogens is 1. The maximum Gasteiger partial charge on any atom is 0.343 e. The predicted octanol–water partition coefficient (Wildman–Crippen LogP) is 6.58. The standard InChI is InChI=1S/C23H22N2O3.C13H9N3O2/c1-14-6-3-4-8-20(14)24-23(28)19-12-11-17-18(22(19)27)10-9-16-7-5-13-25(15(2)26)21(16)17;17-13(18-10-4-2-1-3-5-10)9-6-7-11-12(8-9)15-16-14-11/h3-4,6,8-12,27H,5,7,13H2,1-2H3,(H,24,28);1-8H,(H,14,15,16). The minimum Gasteiger partial charge on any atom is -0.506 e. The number of rotatable bonds is 4. The molecule has 2 amide bonds. The van der Waals surface area contributed by atoms with Crippen LogP contribution in [0.3, 0.4) is 0 Å². The first-order valence-electron chi connectivity index (χ1n) is 14.8. The lowest BCUT2D eigenvalue weighted by molar-refractivity contribution is -0.116. The SMILES string of the molecule is CC(=O)N1CCCc2ccc3c(O)c(C(=O)Nc4ccccc4C)ccc3c21.O=C(Oc1ccccc1)c1ccc2n[nH]nc2c1. The predicted molar refractivity (Wildman–Crippen MR) is 176 cm³/mol. The zero-order valence-electron chi connectivity index (χ0n) is 25.3. The van der Waals surface area contributed by atoms with E-state index >= 15 is 0 Å². The number of fused-ring (bicyclic) bond motifs is 4. The number of aryl methyl sites for hydroxylation is 2. The molecule has 3 N–H and O–H groups in total. The summed E-state index contributed by atoms with van der Waals surface area (Å²) in [4.78, 5) is 38.5. The molecule has 0 unspecified atom stereocenters. The molecule has 2 heterocycles. The van der Waals surface area contributed by atoms with Gasteiger partial charge in [0, 0.05) is 29.9 Å². The maximum atomic E-state index is 12.8. The number of amides is 2. The van der Waals surface area contributed by atoms with Gasteiger partial charge in [-0.1, -0.05) is 54.6 Å². The van der Waals surface area contributed by atoms with E-state index in [0.717, 1.165) is 35.0 Å². The summed E-state index contributed by atoms with van der Waals surface area (Å²) in [5, 5.41) is 25.4. The zero-order chi connectivity index (χ0) is 32.2. The van der Waals surface area contributed by atoms with Gasteiger partial charge < -0.3 is 20.1 Å². The molecule has 7 rings (SSSR count). The molecule has 10 nitrogen and oxygen atoms in total. The van der Waals surface area contributed by atoms with E-state index in [0.29, 0.717) is 40.0 Å². The lowest BCUT2D eigenvalue weighted by Gasteiger charge is -2.30. The fourth-order valence-corrected chi connectivity index (χ4v) is 5.50. The largest absolute Gasteiger partial charge is 0.506 e. The van der Waals surface area contributed by atoms with Crippen molar-refractivity contribution in [1.29, 1.82) is 0 Å². The zero-order valence-corrected chi connectivity index (χ0v) is 25.3. The van der Waals surface area contributed by atoms with Crippen molar-refractivity contribution in [2.45, 2.75) is 26.7 Å². The van der Waals surface area contributed by atoms with Crippen LogP contribution in [0.2, 0.25) is 0 Å². The number of carbonyl (C=O) groups excluding carboxylic acids is 3. The Balaban J connectivity index is 0.000000178. The average molecular weight is 614 g/mol. The van der Waals surface area contributed by atoms with E-state index in [-0.39, 0.29) is 23.1 Å². The highest BCUT2D eigenvalue weighted by Gasteiger charge is 2.24. The van der Waals surface area contributed by atoms with Gasteiger partial charge in [-0.15, -0.1) is 0 Å². The Morgan fingerprint density at radius 1 is 0.870 bits per heavy atom. The minimum atomic E-state index is -0.411. The van der Waals surface area contributed by atoms with Crippen LogP contribution in [0.25, 0.3) is 21.8 Å². The molecule has 0 saturated carbocycles. The monoisotopic (exact) mass is 613 g/mol. The molecular weight excluding hydrogens is 582 g/mol. The summed E-state index contributed by atoms with van der Waals surface area (Å²) in [7, 11) is 0. The van der Waals surface area contributed by atoms with Crippen molar-refractivity contribution in [2.24, 2.45) is 0 Å². The van der Waals surface area contributed by atoms with Crippen molar-refractivity contribution in [1.82, 2.24) is 15.4 Å². The molecule has 0 spiro atoms. The number of nitrogens with one attached hydrogen (secondary N) is 2. The van der Waals surface area contributed by atoms with Crippen LogP contribution in [0, 0.1) is 6.92 Å². The lowest BCUT2D eigenvalue weighted by atomic mass is 9.94. The Labute approximate surface area is 264 Å². The minimum absolute atomic E-state index is 0.0192. The number of esters is 1. The first kappa shape index (κ1) is 30.0. The first-order chi connectivity index (χ1) is 22.3. The van der Waals surface area contributed by atoms with Gasteiger partial charge in [-0.05, 0) is 73.4 Å². The highest BCUT2D eigenvalue weighted by atomic mass is 16.5. The summed E-state index contributed by atoms with van der Waals surface area (Å²) in [6.07, 6.45) is 1.81. The number of anilines is 2. The number of phenols is 1. The van der Waals surface area contributed by atoms with Crippen LogP contribution in [0.1, 0.15) is 45.2 Å². The number of carbonyl (C=O) groups is 3. The third kappa shape index (κ3) is 6.14. The van der Waals surface area contributed by atoms with E-state index < -0.39 is 5.97 Å². The molecule has 1 aliphatic heterocycles. The van der Waals surface area contributed by atoms with Crippen molar-refractivity contribution in [3.8, 4) is 11.5 Å². The number of hydrogen-bond acceptors (Lipinski definition) is 7. The van der Waals surface area contributed by atoms with Crippen molar-refractivity contribution in [2.75, 3.05) is 16.8 Å². The summed E-state index contributed by atoms with van der Waals surface area (Å²) in [5.74, 6) is -0.349. The van der Waals surface area contributed by atoms with Gasteiger partial charge in [0.05, 0.1) is 16.8 Å². The Morgan fingerprint density at radius 3 is 2.39 bits per heavy atom. The molecule has 230 valence electrons. The van der Waals surface area contributed by atoms with Gasteiger partial charge in [0.15, 0.2) is 0 Å². The van der Waals surface area contributed by atoms with Gasteiger partial charge in [0.25, 0.3) is 5.91 Å². The molecule has 10 heteroatoms. The number of ether oxygens (including phenoxy) is 1. The summed E-state index contributed by atoms with van der Waals surface area (Å²) in [6, 6.07) is 28.7. The van der Waals surface area contributed by atoms with E-state index in [1.165, 1.54) is 0 Å². The third-order valence-electron chi connectivity index (χ3n) is 7.85. The van der Waals surface area contributed by atoms with E-state index in [1.54, 1.807) is 48.2 Å². The van der Waals surface area contributed by atoms with E-state index in [4.69, 9.17) is 4.74 Å². The Bertz CT molecular complexity index is 2090. The molecule has 0 saturated heterocycles. The summed E-state index contributed by atoms with van der Waals surface area (Å²) >= 11 is 0. The molecule has 1 aromatic heterocycles. The molecule has 0 radical (unpaired) electrons. The number of hydrogen-bond donors (Lipinski definition) is 3. The number of phenolic OH excluding ortho intramolecular Hbond substituents is 1. The molecule has 46 heavy (non-hydrogen) atoms. The van der Waals surface area contributed by atoms with Crippen molar-refractivity contribution >= 4 is 51.0 Å². The van der Waals surface area contributed by atoms with Crippen molar-refractivity contribution < 1.29 is 24.2 Å². The van der Waals surface area contributed by atoms with E-state index in [9.17, 15) is 19.5 Å². The van der Waals surface area contributed by atoms with Gasteiger partial charge in [-0.3, -0.25) is 9.59 Å². The number of para-hydroxylation sites is 2. The molecule has 1 aliphatic rings. The highest BCUT2D eigenvalue weighted by Crippen LogP contribution is 2.39. The Kier molecular flexibility index (Phi) is 8.42. The number of nitrogens with zero attached hydrogens (tertiary/aromatic N) is 3. The van der Waals surface area contributed by atoms with Crippen LogP contribution in [0.15, 0.2) is 97.1 Å². The summed E-state index contributed by atoms with van der Waals surface area (Å²) in [6.45, 7) is 4.13. The Morgan fingerprint density at radius 2 is 1.61 bits per heavy atom. The molecule has 0 aliphatic carbocycles. The summed E-state index contributed by atoms with van der Waals surface area (Å²) < 4.78 is 5.23. The number of aromatic nitrogens is 3. The molecule has 0 fully saturated rings. The van der Waals surface area contributed by atoms with Gasteiger partial charge in [-0.2, -0.15) is 15.4 Å². The van der Waals surface area contributed by atoms with Crippen molar-refractivity contribution in [3.63, 3.8) is 0 Å². The quantitative estimate of drug-likeness (QED) is 0.151. The second kappa shape index (κ2) is 12.9. The highest BCUT2D eigenvalue weighted by molar-refractivity contribution is 6.13. The number of benzene rings is 5. The molecule has 0 bridgehead atoms. The van der Waals surface area contributed by atoms with Crippen molar-refractivity contribution in [3.05, 3.63) is 119 Å². The molecule has 5 aromatic carbocycles. The van der Waals surface area contributed by atoms with Crippen LogP contribution >= 0.6 is 0 Å². The van der Waals surface area contributed by atoms with E-state index in [2.05, 4.69) is 20.7 Å². The Hall–Kier alpha value is -6.03. The fourth-order valence-electron chi connectivity index (χ4n) is 5.50. The van der Waals surface area contributed by atoms with Gasteiger partial charge in [-0.25, -0.2) is 4.79 Å². The number of aromatic hydroxyl groups is 1. The molecule has 6 aromatic rings. The van der Waals surface area contributed by atoms with Gasteiger partial charge >= 0.3 is 5.97 Å². The average Bonchev–Trinajstić information content (AvgIpc) is 3.54. The van der Waals surface area contributed by atoms with Gasteiger partial charge in [0.1, 0.15) is 22.5 Å². The maximum absolute atomic E-state index is 12.8. The lowest BCUT2D eigenvalue weighted by Crippen LogP contribution is -2.33. The smallest absolute Gasteiger partial charge is 0.343 e. The molecule has 0 atom stereocenters. The van der Waals surface area contributed by atoms with Crippen LogP contribution in [0.5, 0.6) is 11.5 Å². The van der Waals surface area contributed by atoms with Crippen LogP contribution < -0.4 is 15.0 Å². The first-order valence-corrected chi connectivity index (χ1v) is 14.8. The van der Waals surface area contributed by atoms with Crippen LogP contribution in [-0.4, -0.2) is 44.8 Å². The number of aromatic amines is 1. The second-order valence-corrected chi connectivity index (χ2v) is 10.9. The normalized spacial score (nSPS) is 12.2. The van der Waals surface area contributed by atoms with Crippen LogP contribution in [0.4, 0.5) is 11.4 Å². The summed E-state index contributed by atoms with van der Waals surface area (Å²) in [5.41, 5.74) is 5.59. The second-order valence-electron chi connectivity index (χ2n) is 10.9. The third-order valence-corrected chi connectivity index (χ3v) is 7.85.